The number of nitrogens with zero attached hydrogens (tertiary/aromatic N) is 3. The molecule has 16 heavy (non-hydrogen) atoms. The van der Waals surface area contributed by atoms with Crippen LogP contribution in [0.1, 0.15) is 12.8 Å². The number of nitrogens with two attached hydrogens (primary N) is 1. The highest BCUT2D eigenvalue weighted by Gasteiger charge is 2.20. The fraction of sp³-hybridized carbons (Fsp3) is 0.636. The fourth-order valence-corrected chi connectivity index (χ4v) is 1.42. The maximum atomic E-state index is 5.59. The maximum absolute atomic E-state index is 5.59. The lowest BCUT2D eigenvalue weighted by Crippen LogP contribution is -2.24. The van der Waals surface area contributed by atoms with Crippen LogP contribution in [0.4, 0.5) is 11.6 Å². The Bertz CT molecular complexity index is 341. The Hall–Kier alpha value is -1.36. The summed E-state index contributed by atoms with van der Waals surface area (Å²) in [7, 11) is 1.97. The summed E-state index contributed by atoms with van der Waals surface area (Å²) in [5, 5.41) is 0. The molecule has 2 rings (SSSR count). The quantitative estimate of drug-likeness (QED) is 0.725. The van der Waals surface area contributed by atoms with Crippen molar-refractivity contribution in [2.75, 3.05) is 37.4 Å². The standard InChI is InChI=1S/C11H18N4O/c1-15(4-5-16-7-9-2-3-9)11-6-10(12)13-8-14-11/h6,8-9H,2-5,7H2,1H3,(H2,12,13,14). The predicted octanol–water partition coefficient (Wildman–Crippen LogP) is 0.922. The van der Waals surface area contributed by atoms with Crippen LogP contribution in [0, 0.1) is 5.92 Å². The zero-order valence-electron chi connectivity index (χ0n) is 9.59. The van der Waals surface area contributed by atoms with E-state index in [2.05, 4.69) is 9.97 Å². The minimum absolute atomic E-state index is 0.496. The Balaban J connectivity index is 1.71. The van der Waals surface area contributed by atoms with Crippen LogP contribution in [0.2, 0.25) is 0 Å². The molecule has 0 radical (unpaired) electrons. The molecule has 1 aromatic heterocycles. The van der Waals surface area contributed by atoms with Gasteiger partial charge in [0.2, 0.25) is 0 Å². The molecule has 1 fully saturated rings. The highest BCUT2D eigenvalue weighted by atomic mass is 16.5. The van der Waals surface area contributed by atoms with Crippen LogP contribution in [0.3, 0.4) is 0 Å². The van der Waals surface area contributed by atoms with Gasteiger partial charge in [0.05, 0.1) is 6.61 Å². The predicted molar refractivity (Wildman–Crippen MR) is 63.3 cm³/mol. The van der Waals surface area contributed by atoms with Crippen LogP contribution in [0.15, 0.2) is 12.4 Å². The topological polar surface area (TPSA) is 64.3 Å². The van der Waals surface area contributed by atoms with Crippen LogP contribution < -0.4 is 10.6 Å². The van der Waals surface area contributed by atoms with Crippen LogP contribution in [0.5, 0.6) is 0 Å². The van der Waals surface area contributed by atoms with Gasteiger partial charge in [-0.05, 0) is 18.8 Å². The molecule has 1 heterocycles. The molecule has 0 bridgehead atoms. The second kappa shape index (κ2) is 5.12. The van der Waals surface area contributed by atoms with E-state index in [0.717, 1.165) is 31.5 Å². The van der Waals surface area contributed by atoms with Crippen molar-refractivity contribution in [2.45, 2.75) is 12.8 Å². The molecular weight excluding hydrogens is 204 g/mol. The van der Waals surface area contributed by atoms with E-state index in [1.807, 2.05) is 11.9 Å². The van der Waals surface area contributed by atoms with Crippen molar-refractivity contribution in [3.05, 3.63) is 12.4 Å². The highest BCUT2D eigenvalue weighted by molar-refractivity contribution is 5.44. The second-order valence-electron chi connectivity index (χ2n) is 4.24. The van der Waals surface area contributed by atoms with E-state index in [9.17, 15) is 0 Å². The molecule has 2 N–H and O–H groups in total. The van der Waals surface area contributed by atoms with Crippen molar-refractivity contribution in [3.8, 4) is 0 Å². The molecule has 0 aliphatic heterocycles. The number of hydrogen-bond acceptors (Lipinski definition) is 5. The van der Waals surface area contributed by atoms with Gasteiger partial charge in [0, 0.05) is 26.3 Å². The molecule has 0 atom stereocenters. The van der Waals surface area contributed by atoms with E-state index in [4.69, 9.17) is 10.5 Å². The lowest BCUT2D eigenvalue weighted by Gasteiger charge is -2.17. The van der Waals surface area contributed by atoms with E-state index in [1.165, 1.54) is 19.2 Å². The molecule has 0 unspecified atom stereocenters. The molecule has 0 saturated heterocycles. The molecule has 0 amide bonds. The molecule has 5 heteroatoms. The van der Waals surface area contributed by atoms with Crippen molar-refractivity contribution >= 4 is 11.6 Å². The summed E-state index contributed by atoms with van der Waals surface area (Å²) in [5.41, 5.74) is 5.59. The third-order valence-electron chi connectivity index (χ3n) is 2.69. The number of aromatic nitrogens is 2. The van der Waals surface area contributed by atoms with Crippen molar-refractivity contribution in [3.63, 3.8) is 0 Å². The van der Waals surface area contributed by atoms with E-state index in [1.54, 1.807) is 6.07 Å². The van der Waals surface area contributed by atoms with E-state index in [-0.39, 0.29) is 0 Å². The van der Waals surface area contributed by atoms with Gasteiger partial charge in [-0.15, -0.1) is 0 Å². The average Bonchev–Trinajstić information content (AvgIpc) is 3.08. The zero-order chi connectivity index (χ0) is 11.4. The monoisotopic (exact) mass is 222 g/mol. The Kier molecular flexibility index (Phi) is 3.56. The molecule has 0 spiro atoms. The molecule has 1 aliphatic carbocycles. The van der Waals surface area contributed by atoms with Gasteiger partial charge in [0.1, 0.15) is 18.0 Å². The molecule has 0 aromatic carbocycles. The van der Waals surface area contributed by atoms with Gasteiger partial charge in [-0.25, -0.2) is 9.97 Å². The lowest BCUT2D eigenvalue weighted by atomic mass is 10.4. The van der Waals surface area contributed by atoms with Gasteiger partial charge in [-0.2, -0.15) is 0 Å². The first-order chi connectivity index (χ1) is 7.75. The Morgan fingerprint density at radius 1 is 1.50 bits per heavy atom. The molecular formula is C11H18N4O. The first-order valence-corrected chi connectivity index (χ1v) is 5.62. The summed E-state index contributed by atoms with van der Waals surface area (Å²) in [4.78, 5) is 10.0. The summed E-state index contributed by atoms with van der Waals surface area (Å²) in [6, 6.07) is 1.76. The Labute approximate surface area is 95.6 Å². The number of ether oxygens (including phenoxy) is 1. The van der Waals surface area contributed by atoms with E-state index < -0.39 is 0 Å². The Morgan fingerprint density at radius 2 is 2.31 bits per heavy atom. The van der Waals surface area contributed by atoms with Gasteiger partial charge >= 0.3 is 0 Å². The molecule has 1 saturated carbocycles. The van der Waals surface area contributed by atoms with Crippen molar-refractivity contribution in [1.82, 2.24) is 9.97 Å². The number of nitrogen functional groups attached to an aromatic ring is 1. The van der Waals surface area contributed by atoms with Crippen molar-refractivity contribution in [2.24, 2.45) is 5.92 Å². The molecule has 88 valence electrons. The first kappa shape index (κ1) is 11.1. The smallest absolute Gasteiger partial charge is 0.133 e. The lowest BCUT2D eigenvalue weighted by molar-refractivity contribution is 0.131. The van der Waals surface area contributed by atoms with Crippen LogP contribution in [0.25, 0.3) is 0 Å². The highest BCUT2D eigenvalue weighted by Crippen LogP contribution is 2.28. The first-order valence-electron chi connectivity index (χ1n) is 5.62. The summed E-state index contributed by atoms with van der Waals surface area (Å²) >= 11 is 0. The summed E-state index contributed by atoms with van der Waals surface area (Å²) < 4.78 is 5.56. The van der Waals surface area contributed by atoms with Gasteiger partial charge in [0.15, 0.2) is 0 Å². The molecule has 5 nitrogen and oxygen atoms in total. The van der Waals surface area contributed by atoms with Crippen LogP contribution >= 0.6 is 0 Å². The summed E-state index contributed by atoms with van der Waals surface area (Å²) in [5.74, 6) is 2.15. The van der Waals surface area contributed by atoms with Crippen molar-refractivity contribution in [1.29, 1.82) is 0 Å². The molecule has 1 aromatic rings. The van der Waals surface area contributed by atoms with Gasteiger partial charge in [-0.3, -0.25) is 0 Å². The number of anilines is 2. The zero-order valence-corrected chi connectivity index (χ0v) is 9.59. The average molecular weight is 222 g/mol. The fourth-order valence-electron chi connectivity index (χ4n) is 1.42. The second-order valence-corrected chi connectivity index (χ2v) is 4.24. The van der Waals surface area contributed by atoms with Gasteiger partial charge in [-0.1, -0.05) is 0 Å². The number of rotatable bonds is 6. The largest absolute Gasteiger partial charge is 0.384 e. The molecule has 1 aliphatic rings. The number of likely N-dealkylation sites (N-methyl/N-ethyl adjacent to an activating group) is 1. The minimum atomic E-state index is 0.496. The minimum Gasteiger partial charge on any atom is -0.384 e. The van der Waals surface area contributed by atoms with E-state index >= 15 is 0 Å². The van der Waals surface area contributed by atoms with Crippen LogP contribution in [-0.4, -0.2) is 36.8 Å². The SMILES string of the molecule is CN(CCOCC1CC1)c1cc(N)ncn1. The summed E-state index contributed by atoms with van der Waals surface area (Å²) in [6.45, 7) is 2.46. The van der Waals surface area contributed by atoms with Crippen LogP contribution in [-0.2, 0) is 4.74 Å². The third-order valence-corrected chi connectivity index (χ3v) is 2.69. The van der Waals surface area contributed by atoms with Gasteiger partial charge < -0.3 is 15.4 Å². The number of hydrogen-bond donors (Lipinski definition) is 1. The normalized spacial score (nSPS) is 15.1. The van der Waals surface area contributed by atoms with Crippen molar-refractivity contribution < 1.29 is 4.74 Å². The maximum Gasteiger partial charge on any atom is 0.133 e. The van der Waals surface area contributed by atoms with E-state index in [0.29, 0.717) is 5.82 Å². The third kappa shape index (κ3) is 3.34. The van der Waals surface area contributed by atoms with Gasteiger partial charge in [0.25, 0.3) is 0 Å². The Morgan fingerprint density at radius 3 is 3.00 bits per heavy atom. The summed E-state index contributed by atoms with van der Waals surface area (Å²) in [6.07, 6.45) is 4.14.